The third-order valence-corrected chi connectivity index (χ3v) is 3.62. The fourth-order valence-corrected chi connectivity index (χ4v) is 2.52. The van der Waals surface area contributed by atoms with Crippen LogP contribution in [-0.2, 0) is 16.0 Å². The van der Waals surface area contributed by atoms with Crippen LogP contribution in [0.3, 0.4) is 0 Å². The van der Waals surface area contributed by atoms with Gasteiger partial charge in [0.25, 0.3) is 0 Å². The maximum absolute atomic E-state index is 12.0. The summed E-state index contributed by atoms with van der Waals surface area (Å²) < 4.78 is 10.9. The highest BCUT2D eigenvalue weighted by Crippen LogP contribution is 2.30. The van der Waals surface area contributed by atoms with Gasteiger partial charge in [0, 0.05) is 6.54 Å². The van der Waals surface area contributed by atoms with E-state index in [2.05, 4.69) is 5.32 Å². The zero-order valence-electron chi connectivity index (χ0n) is 13.5. The van der Waals surface area contributed by atoms with Gasteiger partial charge in [0.15, 0.2) is 11.5 Å². The molecule has 0 fully saturated rings. The van der Waals surface area contributed by atoms with Crippen molar-refractivity contribution in [2.24, 2.45) is 11.8 Å². The molecule has 0 aliphatic carbocycles. The number of fused-ring (bicyclic) bond motifs is 1. The number of aliphatic carboxylic acids is 1. The van der Waals surface area contributed by atoms with Crippen LogP contribution < -0.4 is 14.8 Å². The molecular weight excluding hydrogens is 298 g/mol. The normalized spacial score (nSPS) is 14.4. The fourth-order valence-electron chi connectivity index (χ4n) is 2.52. The monoisotopic (exact) mass is 321 g/mol. The number of hydrogen-bond acceptors (Lipinski definition) is 4. The molecule has 1 aliphatic heterocycles. The first-order chi connectivity index (χ1) is 11.0. The number of carbonyl (C=O) groups excluding carboxylic acids is 1. The highest BCUT2D eigenvalue weighted by atomic mass is 16.6. The molecule has 1 unspecified atom stereocenters. The number of nitrogens with one attached hydrogen (secondary N) is 1. The molecular formula is C17H23NO5. The summed E-state index contributed by atoms with van der Waals surface area (Å²) in [6, 6.07) is 5.39. The summed E-state index contributed by atoms with van der Waals surface area (Å²) in [4.78, 5) is 23.2. The average Bonchev–Trinajstić information content (AvgIpc) is 2.50. The van der Waals surface area contributed by atoms with Crippen molar-refractivity contribution in [3.8, 4) is 11.5 Å². The predicted molar refractivity (Wildman–Crippen MR) is 84.7 cm³/mol. The van der Waals surface area contributed by atoms with E-state index in [9.17, 15) is 14.7 Å². The minimum absolute atomic E-state index is 0.150. The summed E-state index contributed by atoms with van der Waals surface area (Å²) >= 11 is 0. The number of amides is 1. The molecule has 23 heavy (non-hydrogen) atoms. The maximum atomic E-state index is 12.0. The van der Waals surface area contributed by atoms with Crippen LogP contribution in [0.4, 0.5) is 0 Å². The highest BCUT2D eigenvalue weighted by molar-refractivity contribution is 5.79. The van der Waals surface area contributed by atoms with Gasteiger partial charge in [-0.15, -0.1) is 0 Å². The molecule has 6 heteroatoms. The van der Waals surface area contributed by atoms with Crippen LogP contribution in [0, 0.1) is 11.8 Å². The maximum Gasteiger partial charge on any atom is 0.308 e. The quantitative estimate of drug-likeness (QED) is 0.801. The Labute approximate surface area is 135 Å². The van der Waals surface area contributed by atoms with E-state index in [1.54, 1.807) is 12.1 Å². The summed E-state index contributed by atoms with van der Waals surface area (Å²) in [7, 11) is 0. The molecule has 0 aromatic heterocycles. The van der Waals surface area contributed by atoms with Crippen molar-refractivity contribution in [3.63, 3.8) is 0 Å². The lowest BCUT2D eigenvalue weighted by Gasteiger charge is -2.19. The molecule has 0 radical (unpaired) electrons. The van der Waals surface area contributed by atoms with Crippen LogP contribution in [0.1, 0.15) is 25.8 Å². The number of carbonyl (C=O) groups is 2. The summed E-state index contributed by atoms with van der Waals surface area (Å²) in [6.07, 6.45) is 0.726. The van der Waals surface area contributed by atoms with Gasteiger partial charge in [-0.3, -0.25) is 9.59 Å². The van der Waals surface area contributed by atoms with E-state index in [0.29, 0.717) is 31.1 Å². The number of carboxylic acid groups (broad SMARTS) is 1. The summed E-state index contributed by atoms with van der Waals surface area (Å²) in [5.74, 6) is -0.0342. The first-order valence-corrected chi connectivity index (χ1v) is 7.83. The highest BCUT2D eigenvalue weighted by Gasteiger charge is 2.20. The van der Waals surface area contributed by atoms with Gasteiger partial charge < -0.3 is 19.9 Å². The van der Waals surface area contributed by atoms with Gasteiger partial charge in [0.1, 0.15) is 13.2 Å². The van der Waals surface area contributed by atoms with Crippen LogP contribution in [0.2, 0.25) is 0 Å². The molecule has 1 aliphatic rings. The summed E-state index contributed by atoms with van der Waals surface area (Å²) in [6.45, 7) is 5.11. The smallest absolute Gasteiger partial charge is 0.308 e. The molecule has 126 valence electrons. The van der Waals surface area contributed by atoms with Crippen LogP contribution in [0.5, 0.6) is 11.5 Å². The molecule has 0 saturated carbocycles. The predicted octanol–water partition coefficient (Wildman–Crippen LogP) is 1.86. The van der Waals surface area contributed by atoms with E-state index in [1.807, 2.05) is 19.9 Å². The first kappa shape index (κ1) is 17.1. The second-order valence-electron chi connectivity index (χ2n) is 6.12. The van der Waals surface area contributed by atoms with Gasteiger partial charge >= 0.3 is 5.97 Å². The molecule has 1 aromatic carbocycles. The Bertz CT molecular complexity index is 570. The molecule has 2 N–H and O–H groups in total. The first-order valence-electron chi connectivity index (χ1n) is 7.83. The Kier molecular flexibility index (Phi) is 5.84. The Hall–Kier alpha value is -2.24. The van der Waals surface area contributed by atoms with Gasteiger partial charge in [0.05, 0.1) is 12.3 Å². The summed E-state index contributed by atoms with van der Waals surface area (Å²) in [5.41, 5.74) is 0.808. The molecule has 2 rings (SSSR count). The molecule has 1 amide bonds. The fraction of sp³-hybridized carbons (Fsp3) is 0.529. The van der Waals surface area contributed by atoms with Gasteiger partial charge in [-0.2, -0.15) is 0 Å². The molecule has 0 saturated heterocycles. The molecule has 6 nitrogen and oxygen atoms in total. The SMILES string of the molecule is CC(C)CC(CNC(=O)Cc1ccc2c(c1)OCCO2)C(=O)O. The minimum atomic E-state index is -0.877. The second-order valence-corrected chi connectivity index (χ2v) is 6.12. The van der Waals surface area contributed by atoms with Crippen LogP contribution in [-0.4, -0.2) is 36.7 Å². The zero-order valence-corrected chi connectivity index (χ0v) is 13.5. The molecule has 1 atom stereocenters. The Balaban J connectivity index is 1.88. The van der Waals surface area contributed by atoms with E-state index < -0.39 is 11.9 Å². The van der Waals surface area contributed by atoms with Crippen molar-refractivity contribution in [3.05, 3.63) is 23.8 Å². The molecule has 0 spiro atoms. The Morgan fingerprint density at radius 2 is 1.91 bits per heavy atom. The van der Waals surface area contributed by atoms with Gasteiger partial charge in [-0.25, -0.2) is 0 Å². The average molecular weight is 321 g/mol. The minimum Gasteiger partial charge on any atom is -0.486 e. The summed E-state index contributed by atoms with van der Waals surface area (Å²) in [5, 5.41) is 11.9. The lowest BCUT2D eigenvalue weighted by atomic mass is 9.97. The van der Waals surface area contributed by atoms with Crippen molar-refractivity contribution in [2.45, 2.75) is 26.7 Å². The lowest BCUT2D eigenvalue weighted by molar-refractivity contribution is -0.142. The number of ether oxygens (including phenoxy) is 2. The van der Waals surface area contributed by atoms with Crippen LogP contribution in [0.15, 0.2) is 18.2 Å². The van der Waals surface area contributed by atoms with Crippen molar-refractivity contribution in [1.29, 1.82) is 0 Å². The van der Waals surface area contributed by atoms with Crippen LogP contribution in [0.25, 0.3) is 0 Å². The van der Waals surface area contributed by atoms with Crippen molar-refractivity contribution < 1.29 is 24.2 Å². The Morgan fingerprint density at radius 1 is 1.22 bits per heavy atom. The third kappa shape index (κ3) is 5.16. The standard InChI is InChI=1S/C17H23NO5/c1-11(2)7-13(17(20)21)10-18-16(19)9-12-3-4-14-15(8-12)23-6-5-22-14/h3-4,8,11,13H,5-7,9-10H2,1-2H3,(H,18,19)(H,20,21). The van der Waals surface area contributed by atoms with E-state index >= 15 is 0 Å². The van der Waals surface area contributed by atoms with Crippen molar-refractivity contribution in [2.75, 3.05) is 19.8 Å². The molecule has 0 bridgehead atoms. The number of benzene rings is 1. The number of carboxylic acids is 1. The number of rotatable bonds is 7. The van der Waals surface area contributed by atoms with Gasteiger partial charge in [-0.1, -0.05) is 19.9 Å². The zero-order chi connectivity index (χ0) is 16.8. The molecule has 1 heterocycles. The van der Waals surface area contributed by atoms with Crippen molar-refractivity contribution in [1.82, 2.24) is 5.32 Å². The van der Waals surface area contributed by atoms with Crippen LogP contribution >= 0.6 is 0 Å². The molecule has 1 aromatic rings. The lowest BCUT2D eigenvalue weighted by Crippen LogP contribution is -2.34. The van der Waals surface area contributed by atoms with E-state index in [4.69, 9.17) is 9.47 Å². The number of hydrogen-bond donors (Lipinski definition) is 2. The van der Waals surface area contributed by atoms with E-state index in [-0.39, 0.29) is 24.8 Å². The largest absolute Gasteiger partial charge is 0.486 e. The second kappa shape index (κ2) is 7.85. The van der Waals surface area contributed by atoms with Gasteiger partial charge in [0.2, 0.25) is 5.91 Å². The van der Waals surface area contributed by atoms with Crippen molar-refractivity contribution >= 4 is 11.9 Å². The van der Waals surface area contributed by atoms with Gasteiger partial charge in [-0.05, 0) is 30.0 Å². The van der Waals surface area contributed by atoms with E-state index in [0.717, 1.165) is 5.56 Å². The third-order valence-electron chi connectivity index (χ3n) is 3.62. The van der Waals surface area contributed by atoms with E-state index in [1.165, 1.54) is 0 Å². The Morgan fingerprint density at radius 3 is 2.57 bits per heavy atom. The topological polar surface area (TPSA) is 84.9 Å².